The van der Waals surface area contributed by atoms with Crippen LogP contribution in [0.5, 0.6) is 0 Å². The number of aromatic nitrogens is 3. The largest absolute Gasteiger partial charge is 0.351 e. The topological polar surface area (TPSA) is 86.8 Å². The van der Waals surface area contributed by atoms with Crippen LogP contribution in [0.25, 0.3) is 22.2 Å². The monoisotopic (exact) mass is 444 g/mol. The van der Waals surface area contributed by atoms with Gasteiger partial charge >= 0.3 is 0 Å². The van der Waals surface area contributed by atoms with Crippen LogP contribution in [0.3, 0.4) is 0 Å². The molecule has 0 atom stereocenters. The quantitative estimate of drug-likeness (QED) is 0.619. The number of piperidine rings is 1. The summed E-state index contributed by atoms with van der Waals surface area (Å²) in [5, 5.41) is 13.5. The summed E-state index contributed by atoms with van der Waals surface area (Å²) in [4.78, 5) is 24.1. The zero-order valence-corrected chi connectivity index (χ0v) is 18.1. The van der Waals surface area contributed by atoms with Crippen molar-refractivity contribution in [2.24, 2.45) is 7.05 Å². The van der Waals surface area contributed by atoms with Gasteiger partial charge in [-0.3, -0.25) is 14.3 Å². The molecule has 0 aliphatic carbocycles. The molecule has 3 heterocycles. The molecule has 1 saturated heterocycles. The van der Waals surface area contributed by atoms with E-state index in [4.69, 9.17) is 16.9 Å². The number of hydrogen-bond acceptors (Lipinski definition) is 6. The van der Waals surface area contributed by atoms with Gasteiger partial charge in [-0.2, -0.15) is 10.2 Å². The van der Waals surface area contributed by atoms with Crippen LogP contribution in [0.2, 0.25) is 5.02 Å². The van der Waals surface area contributed by atoms with Gasteiger partial charge < -0.3 is 5.32 Å². The molecule has 0 radical (unpaired) electrons. The highest BCUT2D eigenvalue weighted by Gasteiger charge is 2.20. The zero-order valence-electron chi connectivity index (χ0n) is 16.5. The molecule has 3 aromatic rings. The van der Waals surface area contributed by atoms with E-state index in [0.717, 1.165) is 31.3 Å². The predicted molar refractivity (Wildman–Crippen MR) is 121 cm³/mol. The highest BCUT2D eigenvalue weighted by molar-refractivity contribution is 6.33. The molecular formula is C21H22Cl2N6O. The van der Waals surface area contributed by atoms with Gasteiger partial charge in [0.2, 0.25) is 5.95 Å². The van der Waals surface area contributed by atoms with Crippen molar-refractivity contribution in [3.05, 3.63) is 51.9 Å². The van der Waals surface area contributed by atoms with Gasteiger partial charge in [0.25, 0.3) is 5.56 Å². The number of benzene rings is 1. The summed E-state index contributed by atoms with van der Waals surface area (Å²) in [5.74, 6) is 0.511. The van der Waals surface area contributed by atoms with E-state index in [1.54, 1.807) is 25.4 Å². The van der Waals surface area contributed by atoms with Crippen molar-refractivity contribution in [1.29, 1.82) is 5.26 Å². The normalized spacial score (nSPS) is 14.8. The van der Waals surface area contributed by atoms with Gasteiger partial charge in [0.1, 0.15) is 5.65 Å². The smallest absolute Gasteiger partial charge is 0.259 e. The molecule has 0 bridgehead atoms. The summed E-state index contributed by atoms with van der Waals surface area (Å²) in [5.41, 5.74) is 1.65. The number of aryl methyl sites for hydroxylation is 1. The maximum atomic E-state index is 12.9. The van der Waals surface area contributed by atoms with Crippen LogP contribution in [0.15, 0.2) is 41.3 Å². The molecule has 1 aromatic carbocycles. The van der Waals surface area contributed by atoms with Crippen LogP contribution in [0, 0.1) is 11.3 Å². The lowest BCUT2D eigenvalue weighted by Gasteiger charge is -2.30. The van der Waals surface area contributed by atoms with Crippen molar-refractivity contribution in [3.63, 3.8) is 0 Å². The molecular weight excluding hydrogens is 423 g/mol. The molecule has 1 aliphatic heterocycles. The highest BCUT2D eigenvalue weighted by Crippen LogP contribution is 2.27. The second kappa shape index (κ2) is 9.43. The Bertz CT molecular complexity index is 1150. The van der Waals surface area contributed by atoms with E-state index in [1.807, 2.05) is 18.2 Å². The molecule has 4 rings (SSSR count). The van der Waals surface area contributed by atoms with E-state index < -0.39 is 0 Å². The number of pyridine rings is 1. The van der Waals surface area contributed by atoms with Crippen molar-refractivity contribution in [3.8, 4) is 17.2 Å². The van der Waals surface area contributed by atoms with Crippen molar-refractivity contribution in [2.45, 2.75) is 18.9 Å². The van der Waals surface area contributed by atoms with Gasteiger partial charge in [-0.15, -0.1) is 12.4 Å². The van der Waals surface area contributed by atoms with E-state index in [0.29, 0.717) is 34.3 Å². The predicted octanol–water partition coefficient (Wildman–Crippen LogP) is 3.47. The number of nitriles is 1. The molecule has 1 aliphatic rings. The van der Waals surface area contributed by atoms with E-state index in [1.165, 1.54) is 4.57 Å². The Morgan fingerprint density at radius 1 is 1.27 bits per heavy atom. The molecule has 9 heteroatoms. The van der Waals surface area contributed by atoms with Gasteiger partial charge in [0.05, 0.1) is 12.6 Å². The van der Waals surface area contributed by atoms with Gasteiger partial charge in [-0.1, -0.05) is 29.8 Å². The molecule has 30 heavy (non-hydrogen) atoms. The summed E-state index contributed by atoms with van der Waals surface area (Å²) in [6, 6.07) is 11.5. The molecule has 0 spiro atoms. The van der Waals surface area contributed by atoms with Crippen LogP contribution in [0.1, 0.15) is 12.8 Å². The zero-order chi connectivity index (χ0) is 20.4. The minimum Gasteiger partial charge on any atom is -0.351 e. The summed E-state index contributed by atoms with van der Waals surface area (Å²) in [7, 11) is 1.71. The number of rotatable bonds is 4. The summed E-state index contributed by atoms with van der Waals surface area (Å²) < 4.78 is 1.54. The number of fused-ring (bicyclic) bond motifs is 1. The third-order valence-electron chi connectivity index (χ3n) is 5.33. The summed E-state index contributed by atoms with van der Waals surface area (Å²) >= 11 is 6.29. The number of nitrogens with one attached hydrogen (secondary N) is 1. The Balaban J connectivity index is 0.00000256. The Hall–Kier alpha value is -2.66. The Morgan fingerprint density at radius 3 is 2.70 bits per heavy atom. The maximum Gasteiger partial charge on any atom is 0.259 e. The van der Waals surface area contributed by atoms with Gasteiger partial charge in [0, 0.05) is 53.9 Å². The van der Waals surface area contributed by atoms with Crippen LogP contribution in [-0.4, -0.2) is 45.1 Å². The average Bonchev–Trinajstić information content (AvgIpc) is 2.73. The van der Waals surface area contributed by atoms with Crippen LogP contribution in [0.4, 0.5) is 5.95 Å². The lowest BCUT2D eigenvalue weighted by molar-refractivity contribution is 0.242. The third kappa shape index (κ3) is 4.41. The minimum atomic E-state index is -0.153. The lowest BCUT2D eigenvalue weighted by Crippen LogP contribution is -2.39. The maximum absolute atomic E-state index is 12.9. The van der Waals surface area contributed by atoms with Gasteiger partial charge in [0.15, 0.2) is 0 Å². The Morgan fingerprint density at radius 2 is 2.00 bits per heavy atom. The summed E-state index contributed by atoms with van der Waals surface area (Å²) in [6.07, 6.45) is 3.58. The fourth-order valence-electron chi connectivity index (χ4n) is 3.71. The van der Waals surface area contributed by atoms with Crippen molar-refractivity contribution in [2.75, 3.05) is 25.0 Å². The Kier molecular flexibility index (Phi) is 6.93. The molecule has 7 nitrogen and oxygen atoms in total. The number of hydrogen-bond donors (Lipinski definition) is 1. The second-order valence-corrected chi connectivity index (χ2v) is 7.63. The number of halogens is 2. The van der Waals surface area contributed by atoms with Crippen LogP contribution >= 0.6 is 24.0 Å². The van der Waals surface area contributed by atoms with Crippen LogP contribution in [-0.2, 0) is 7.05 Å². The standard InChI is InChI=1S/C21H21ClN6O.ClH/c1-27-19-14(12-17(20(27)29)16-4-2-3-5-18(16)22)13-24-21(26-19)25-15-6-9-28(10-7-15)11-8-23;/h2-5,12-13,15H,6-7,9-11H2,1H3,(H,24,25,26);1H. The lowest BCUT2D eigenvalue weighted by atomic mass is 10.1. The second-order valence-electron chi connectivity index (χ2n) is 7.23. The third-order valence-corrected chi connectivity index (χ3v) is 5.66. The molecule has 0 amide bonds. The first-order valence-corrected chi connectivity index (χ1v) is 9.92. The number of nitrogens with zero attached hydrogens (tertiary/aromatic N) is 5. The summed E-state index contributed by atoms with van der Waals surface area (Å²) in [6.45, 7) is 2.21. The van der Waals surface area contributed by atoms with Gasteiger partial charge in [-0.25, -0.2) is 4.98 Å². The first-order valence-electron chi connectivity index (χ1n) is 9.54. The van der Waals surface area contributed by atoms with Crippen molar-refractivity contribution >= 4 is 41.0 Å². The minimum absolute atomic E-state index is 0. The van der Waals surface area contributed by atoms with Crippen molar-refractivity contribution in [1.82, 2.24) is 19.4 Å². The van der Waals surface area contributed by atoms with Crippen LogP contribution < -0.4 is 10.9 Å². The molecule has 1 fully saturated rings. The SMILES string of the molecule is Cl.Cn1c(=O)c(-c2ccccc2Cl)cc2cnc(NC3CCN(CC#N)CC3)nc21. The fraction of sp³-hybridized carbons (Fsp3) is 0.333. The average molecular weight is 445 g/mol. The molecule has 1 N–H and O–H groups in total. The van der Waals surface area contributed by atoms with E-state index in [2.05, 4.69) is 26.3 Å². The molecule has 156 valence electrons. The molecule has 0 saturated carbocycles. The van der Waals surface area contributed by atoms with E-state index >= 15 is 0 Å². The molecule has 2 aromatic heterocycles. The number of likely N-dealkylation sites (tertiary alicyclic amines) is 1. The molecule has 0 unspecified atom stereocenters. The first-order chi connectivity index (χ1) is 14.1. The fourth-order valence-corrected chi connectivity index (χ4v) is 3.94. The Labute approximate surface area is 185 Å². The van der Waals surface area contributed by atoms with E-state index in [9.17, 15) is 4.79 Å². The van der Waals surface area contributed by atoms with Crippen molar-refractivity contribution < 1.29 is 0 Å². The first kappa shape index (κ1) is 22.0. The number of anilines is 1. The van der Waals surface area contributed by atoms with E-state index in [-0.39, 0.29) is 24.0 Å². The van der Waals surface area contributed by atoms with Gasteiger partial charge in [-0.05, 0) is 25.0 Å². The highest BCUT2D eigenvalue weighted by atomic mass is 35.5.